The number of carbonyl (C=O) groups is 1. The van der Waals surface area contributed by atoms with Crippen LogP contribution in [0.3, 0.4) is 0 Å². The van der Waals surface area contributed by atoms with E-state index in [0.717, 1.165) is 36.6 Å². The molecule has 2 aromatic heterocycles. The number of nitrogens with zero attached hydrogens (tertiary/aromatic N) is 4. The van der Waals surface area contributed by atoms with E-state index in [0.29, 0.717) is 24.4 Å². The van der Waals surface area contributed by atoms with Crippen LogP contribution in [0.25, 0.3) is 11.3 Å². The molecule has 1 aliphatic heterocycles. The Morgan fingerprint density at radius 2 is 2.00 bits per heavy atom. The second-order valence-electron chi connectivity index (χ2n) is 6.69. The van der Waals surface area contributed by atoms with Crippen LogP contribution in [0.5, 0.6) is 5.75 Å². The molecule has 1 amide bonds. The van der Waals surface area contributed by atoms with Gasteiger partial charge in [-0.05, 0) is 30.3 Å². The predicted octanol–water partition coefficient (Wildman–Crippen LogP) is 2.70. The molecule has 0 saturated carbocycles. The van der Waals surface area contributed by atoms with Crippen molar-refractivity contribution in [1.29, 1.82) is 0 Å². The molecule has 0 atom stereocenters. The molecule has 0 N–H and O–H groups in total. The number of rotatable bonds is 5. The molecule has 0 spiro atoms. The smallest absolute Gasteiger partial charge is 0.253 e. The minimum absolute atomic E-state index is 0.0286. The van der Waals surface area contributed by atoms with Gasteiger partial charge in [0.05, 0.1) is 18.5 Å². The fourth-order valence-corrected chi connectivity index (χ4v) is 3.40. The Bertz CT molecular complexity index is 920. The van der Waals surface area contributed by atoms with E-state index in [9.17, 15) is 4.79 Å². The molecule has 3 heterocycles. The SMILES string of the molecule is COc1ccc(C(=O)N2CCN(Cc3ccon3)CC2)cc1-c1ccccn1. The second-order valence-corrected chi connectivity index (χ2v) is 6.69. The lowest BCUT2D eigenvalue weighted by molar-refractivity contribution is 0.0625. The van der Waals surface area contributed by atoms with Crippen LogP contribution < -0.4 is 4.74 Å². The molecule has 4 rings (SSSR count). The first-order chi connectivity index (χ1) is 13.7. The van der Waals surface area contributed by atoms with Crippen LogP contribution in [-0.4, -0.2) is 59.1 Å². The summed E-state index contributed by atoms with van der Waals surface area (Å²) >= 11 is 0. The van der Waals surface area contributed by atoms with Crippen LogP contribution in [0, 0.1) is 0 Å². The van der Waals surface area contributed by atoms with Crippen LogP contribution >= 0.6 is 0 Å². The van der Waals surface area contributed by atoms with E-state index < -0.39 is 0 Å². The molecule has 1 aliphatic rings. The average molecular weight is 378 g/mol. The molecule has 1 aromatic carbocycles. The highest BCUT2D eigenvalue weighted by molar-refractivity contribution is 5.96. The van der Waals surface area contributed by atoms with Crippen molar-refractivity contribution >= 4 is 5.91 Å². The summed E-state index contributed by atoms with van der Waals surface area (Å²) in [5.41, 5.74) is 3.16. The Kier molecular flexibility index (Phi) is 5.34. The molecule has 28 heavy (non-hydrogen) atoms. The van der Waals surface area contributed by atoms with Crippen molar-refractivity contribution in [2.24, 2.45) is 0 Å². The Balaban J connectivity index is 1.46. The maximum absolute atomic E-state index is 13.0. The highest BCUT2D eigenvalue weighted by Crippen LogP contribution is 2.30. The summed E-state index contributed by atoms with van der Waals surface area (Å²) in [5.74, 6) is 0.730. The van der Waals surface area contributed by atoms with E-state index >= 15 is 0 Å². The number of hydrogen-bond donors (Lipinski definition) is 0. The first-order valence-electron chi connectivity index (χ1n) is 9.25. The number of hydrogen-bond acceptors (Lipinski definition) is 6. The molecule has 7 heteroatoms. The maximum Gasteiger partial charge on any atom is 0.253 e. The number of benzene rings is 1. The highest BCUT2D eigenvalue weighted by atomic mass is 16.5. The quantitative estimate of drug-likeness (QED) is 0.680. The normalized spacial score (nSPS) is 14.8. The van der Waals surface area contributed by atoms with E-state index in [-0.39, 0.29) is 5.91 Å². The third kappa shape index (κ3) is 3.89. The van der Waals surface area contributed by atoms with Crippen molar-refractivity contribution in [2.45, 2.75) is 6.54 Å². The monoisotopic (exact) mass is 378 g/mol. The number of amides is 1. The van der Waals surface area contributed by atoms with Crippen LogP contribution in [0.1, 0.15) is 16.1 Å². The van der Waals surface area contributed by atoms with Crippen LogP contribution in [-0.2, 0) is 6.54 Å². The molecule has 0 radical (unpaired) electrons. The van der Waals surface area contributed by atoms with Crippen LogP contribution in [0.15, 0.2) is 59.4 Å². The summed E-state index contributed by atoms with van der Waals surface area (Å²) in [6.45, 7) is 3.72. The second kappa shape index (κ2) is 8.22. The Hall–Kier alpha value is -3.19. The summed E-state index contributed by atoms with van der Waals surface area (Å²) < 4.78 is 10.3. The summed E-state index contributed by atoms with van der Waals surface area (Å²) in [6, 6.07) is 13.1. The van der Waals surface area contributed by atoms with Gasteiger partial charge in [-0.1, -0.05) is 11.2 Å². The minimum Gasteiger partial charge on any atom is -0.496 e. The Morgan fingerprint density at radius 1 is 1.14 bits per heavy atom. The third-order valence-corrected chi connectivity index (χ3v) is 4.92. The van der Waals surface area contributed by atoms with Gasteiger partial charge in [0.1, 0.15) is 12.0 Å². The highest BCUT2D eigenvalue weighted by Gasteiger charge is 2.23. The molecular formula is C21H22N4O3. The largest absolute Gasteiger partial charge is 0.496 e. The van der Waals surface area contributed by atoms with E-state index in [4.69, 9.17) is 9.26 Å². The first kappa shape index (κ1) is 18.2. The number of piperazine rings is 1. The molecule has 7 nitrogen and oxygen atoms in total. The van der Waals surface area contributed by atoms with Gasteiger partial charge in [-0.2, -0.15) is 0 Å². The van der Waals surface area contributed by atoms with Crippen molar-refractivity contribution in [1.82, 2.24) is 19.9 Å². The van der Waals surface area contributed by atoms with E-state index in [1.54, 1.807) is 19.6 Å². The fourth-order valence-electron chi connectivity index (χ4n) is 3.40. The summed E-state index contributed by atoms with van der Waals surface area (Å²) in [5, 5.41) is 3.95. The van der Waals surface area contributed by atoms with Gasteiger partial charge >= 0.3 is 0 Å². The summed E-state index contributed by atoms with van der Waals surface area (Å²) in [4.78, 5) is 21.6. The molecule has 1 saturated heterocycles. The number of aromatic nitrogens is 2. The lowest BCUT2D eigenvalue weighted by Gasteiger charge is -2.34. The van der Waals surface area contributed by atoms with Crippen molar-refractivity contribution in [3.05, 3.63) is 66.2 Å². The predicted molar refractivity (Wildman–Crippen MR) is 104 cm³/mol. The third-order valence-electron chi connectivity index (χ3n) is 4.92. The van der Waals surface area contributed by atoms with Gasteiger partial charge in [-0.15, -0.1) is 0 Å². The average Bonchev–Trinajstić information content (AvgIpc) is 3.27. The Labute approximate surface area is 163 Å². The molecule has 1 fully saturated rings. The van der Waals surface area contributed by atoms with Crippen molar-refractivity contribution in [3.8, 4) is 17.0 Å². The molecule has 3 aromatic rings. The molecule has 144 valence electrons. The van der Waals surface area contributed by atoms with Gasteiger partial charge in [0.15, 0.2) is 0 Å². The summed E-state index contributed by atoms with van der Waals surface area (Å²) in [7, 11) is 1.62. The van der Waals surface area contributed by atoms with Gasteiger partial charge in [0, 0.05) is 56.1 Å². The summed E-state index contributed by atoms with van der Waals surface area (Å²) in [6.07, 6.45) is 3.31. The molecule has 0 aliphatic carbocycles. The zero-order chi connectivity index (χ0) is 19.3. The van der Waals surface area contributed by atoms with Gasteiger partial charge in [0.25, 0.3) is 5.91 Å². The maximum atomic E-state index is 13.0. The van der Waals surface area contributed by atoms with Gasteiger partial charge in [-0.25, -0.2) is 0 Å². The van der Waals surface area contributed by atoms with E-state index in [1.807, 2.05) is 47.4 Å². The van der Waals surface area contributed by atoms with E-state index in [1.165, 1.54) is 0 Å². The molecule has 0 bridgehead atoms. The van der Waals surface area contributed by atoms with Gasteiger partial charge < -0.3 is 14.2 Å². The lowest BCUT2D eigenvalue weighted by Crippen LogP contribution is -2.48. The molecule has 0 unspecified atom stereocenters. The number of pyridine rings is 1. The van der Waals surface area contributed by atoms with Crippen molar-refractivity contribution < 1.29 is 14.1 Å². The zero-order valence-electron chi connectivity index (χ0n) is 15.7. The van der Waals surface area contributed by atoms with Gasteiger partial charge in [-0.3, -0.25) is 14.7 Å². The Morgan fingerprint density at radius 3 is 2.68 bits per heavy atom. The fraction of sp³-hybridized carbons (Fsp3) is 0.286. The standard InChI is InChI=1S/C21H22N4O3/c1-27-20-6-5-16(14-18(20)19-4-2-3-8-22-19)21(26)25-11-9-24(10-12-25)15-17-7-13-28-23-17/h2-8,13-14H,9-12,15H2,1H3. The number of carbonyl (C=O) groups excluding carboxylic acids is 1. The van der Waals surface area contributed by atoms with Crippen molar-refractivity contribution in [2.75, 3.05) is 33.3 Å². The van der Waals surface area contributed by atoms with Crippen molar-refractivity contribution in [3.63, 3.8) is 0 Å². The van der Waals surface area contributed by atoms with Crippen LogP contribution in [0.2, 0.25) is 0 Å². The zero-order valence-corrected chi connectivity index (χ0v) is 15.7. The minimum atomic E-state index is 0.0286. The molecular weight excluding hydrogens is 356 g/mol. The van der Waals surface area contributed by atoms with Gasteiger partial charge in [0.2, 0.25) is 0 Å². The first-order valence-corrected chi connectivity index (χ1v) is 9.25. The number of methoxy groups -OCH3 is 1. The lowest BCUT2D eigenvalue weighted by atomic mass is 10.0. The van der Waals surface area contributed by atoms with Crippen LogP contribution in [0.4, 0.5) is 0 Å². The topological polar surface area (TPSA) is 71.7 Å². The number of ether oxygens (including phenoxy) is 1. The van der Waals surface area contributed by atoms with E-state index in [2.05, 4.69) is 15.0 Å².